The van der Waals surface area contributed by atoms with Gasteiger partial charge in [-0.2, -0.15) is 0 Å². The maximum atomic E-state index is 15.5. The summed E-state index contributed by atoms with van der Waals surface area (Å²) in [5.41, 5.74) is 4.05. The highest BCUT2D eigenvalue weighted by Gasteiger charge is 2.20. The van der Waals surface area contributed by atoms with Crippen LogP contribution in [0.1, 0.15) is 17.3 Å². The number of fused-ring (bicyclic) bond motifs is 1. The highest BCUT2D eigenvalue weighted by atomic mass is 35.5. The van der Waals surface area contributed by atoms with Crippen molar-refractivity contribution in [3.63, 3.8) is 0 Å². The molecule has 1 heterocycles. The van der Waals surface area contributed by atoms with E-state index in [1.165, 1.54) is 0 Å². The number of aromatic nitrogens is 1. The van der Waals surface area contributed by atoms with E-state index in [1.54, 1.807) is 10.8 Å². The van der Waals surface area contributed by atoms with Crippen LogP contribution in [-0.4, -0.2) is 15.6 Å². The number of carbonyl (C=O) groups is 1. The molecule has 0 saturated heterocycles. The van der Waals surface area contributed by atoms with Gasteiger partial charge in [-0.15, -0.1) is 0 Å². The van der Waals surface area contributed by atoms with E-state index < -0.39 is 12.1 Å². The summed E-state index contributed by atoms with van der Waals surface area (Å²) in [5.74, 6) is -0.958. The summed E-state index contributed by atoms with van der Waals surface area (Å²) < 4.78 is 17.1. The van der Waals surface area contributed by atoms with E-state index in [-0.39, 0.29) is 13.0 Å². The first-order valence-corrected chi connectivity index (χ1v) is 9.68. The van der Waals surface area contributed by atoms with Crippen LogP contribution in [-0.2, 0) is 17.8 Å². The molecule has 29 heavy (non-hydrogen) atoms. The predicted molar refractivity (Wildman–Crippen MR) is 114 cm³/mol. The summed E-state index contributed by atoms with van der Waals surface area (Å²) in [6.45, 7) is -0.200. The molecule has 4 aromatic rings. The Morgan fingerprint density at radius 1 is 1.00 bits per heavy atom. The second-order valence-electron chi connectivity index (χ2n) is 6.96. The highest BCUT2D eigenvalue weighted by molar-refractivity contribution is 6.30. The quantitative estimate of drug-likeness (QED) is 0.407. The fourth-order valence-corrected chi connectivity index (χ4v) is 3.84. The first-order chi connectivity index (χ1) is 14.0. The van der Waals surface area contributed by atoms with Crippen LogP contribution in [0.4, 0.5) is 4.39 Å². The lowest BCUT2D eigenvalue weighted by Crippen LogP contribution is -2.07. The van der Waals surface area contributed by atoms with Gasteiger partial charge in [0.25, 0.3) is 0 Å². The lowest BCUT2D eigenvalue weighted by molar-refractivity contribution is -0.137. The maximum absolute atomic E-state index is 15.5. The van der Waals surface area contributed by atoms with Crippen LogP contribution >= 0.6 is 11.6 Å². The van der Waals surface area contributed by atoms with Crippen molar-refractivity contribution < 1.29 is 14.3 Å². The van der Waals surface area contributed by atoms with Crippen LogP contribution in [0.15, 0.2) is 79.0 Å². The summed E-state index contributed by atoms with van der Waals surface area (Å²) >= 11 is 5.99. The van der Waals surface area contributed by atoms with Crippen molar-refractivity contribution in [2.45, 2.75) is 19.1 Å². The first-order valence-electron chi connectivity index (χ1n) is 9.30. The minimum absolute atomic E-state index is 0.194. The van der Waals surface area contributed by atoms with Crippen LogP contribution in [0.2, 0.25) is 5.02 Å². The third kappa shape index (κ3) is 4.03. The number of benzene rings is 3. The topological polar surface area (TPSA) is 42.2 Å². The van der Waals surface area contributed by atoms with Crippen molar-refractivity contribution in [2.24, 2.45) is 0 Å². The maximum Gasteiger partial charge on any atom is 0.323 e. The zero-order chi connectivity index (χ0) is 20.4. The average molecular weight is 408 g/mol. The van der Waals surface area contributed by atoms with Gasteiger partial charge in [-0.1, -0.05) is 66.2 Å². The van der Waals surface area contributed by atoms with Crippen LogP contribution in [0.3, 0.4) is 0 Å². The van der Waals surface area contributed by atoms with Gasteiger partial charge >= 0.3 is 5.97 Å². The summed E-state index contributed by atoms with van der Waals surface area (Å²) in [5, 5.41) is 10.6. The number of halogens is 2. The molecule has 0 saturated carbocycles. The summed E-state index contributed by atoms with van der Waals surface area (Å²) in [7, 11) is 0. The fraction of sp³-hybridized carbons (Fsp3) is 0.125. The molecule has 0 spiro atoms. The Morgan fingerprint density at radius 3 is 2.45 bits per heavy atom. The molecule has 0 radical (unpaired) electrons. The Hall–Kier alpha value is -3.11. The number of hydrogen-bond acceptors (Lipinski definition) is 1. The first kappa shape index (κ1) is 19.2. The van der Waals surface area contributed by atoms with Crippen LogP contribution in [0, 0.1) is 0 Å². The fourth-order valence-electron chi connectivity index (χ4n) is 3.71. The minimum atomic E-state index is -1.26. The van der Waals surface area contributed by atoms with E-state index in [9.17, 15) is 4.79 Å². The number of para-hydroxylation sites is 1. The number of hydrogen-bond donors (Lipinski definition) is 1. The van der Waals surface area contributed by atoms with Gasteiger partial charge in [0.1, 0.15) is 12.7 Å². The molecular weight excluding hydrogens is 389 g/mol. The molecular formula is C24H19ClFNO2. The Bertz CT molecular complexity index is 1170. The molecule has 1 atom stereocenters. The van der Waals surface area contributed by atoms with Crippen molar-refractivity contribution >= 4 is 28.5 Å². The number of alkyl halides is 1. The minimum Gasteiger partial charge on any atom is -0.480 e. The standard InChI is InChI=1S/C24H19ClFNO2/c25-18-11-9-16(10-12-18)19-6-2-1-5-17(19)13-22(26)21-14-27(15-24(28)29)23-8-4-3-7-20(21)23/h1-12,14,22H,13,15H2,(H,28,29). The van der Waals surface area contributed by atoms with Crippen molar-refractivity contribution in [3.05, 3.63) is 95.1 Å². The summed E-state index contributed by atoms with van der Waals surface area (Å²) in [4.78, 5) is 11.2. The SMILES string of the molecule is O=C(O)Cn1cc(C(F)Cc2ccccc2-c2ccc(Cl)cc2)c2ccccc21. The molecule has 0 bridgehead atoms. The van der Waals surface area contributed by atoms with E-state index in [4.69, 9.17) is 16.7 Å². The van der Waals surface area contributed by atoms with Crippen molar-refractivity contribution in [1.29, 1.82) is 0 Å². The zero-order valence-electron chi connectivity index (χ0n) is 15.6. The Balaban J connectivity index is 1.70. The van der Waals surface area contributed by atoms with Gasteiger partial charge < -0.3 is 9.67 Å². The van der Waals surface area contributed by atoms with Gasteiger partial charge in [0.15, 0.2) is 0 Å². The van der Waals surface area contributed by atoms with Gasteiger partial charge in [-0.05, 0) is 34.9 Å². The number of rotatable bonds is 6. The van der Waals surface area contributed by atoms with E-state index in [0.717, 1.165) is 27.6 Å². The second-order valence-corrected chi connectivity index (χ2v) is 7.40. The molecule has 0 aliphatic rings. The van der Waals surface area contributed by atoms with Crippen LogP contribution in [0.5, 0.6) is 0 Å². The number of nitrogens with zero attached hydrogens (tertiary/aromatic N) is 1. The lowest BCUT2D eigenvalue weighted by atomic mass is 9.94. The third-order valence-electron chi connectivity index (χ3n) is 5.03. The Morgan fingerprint density at radius 2 is 1.69 bits per heavy atom. The number of aliphatic carboxylic acids is 1. The van der Waals surface area contributed by atoms with E-state index >= 15 is 4.39 Å². The molecule has 5 heteroatoms. The third-order valence-corrected chi connectivity index (χ3v) is 5.29. The van der Waals surface area contributed by atoms with Crippen molar-refractivity contribution in [3.8, 4) is 11.1 Å². The smallest absolute Gasteiger partial charge is 0.323 e. The Kier molecular flexibility index (Phi) is 5.36. The number of carboxylic acids is 1. The summed E-state index contributed by atoms with van der Waals surface area (Å²) in [6.07, 6.45) is 0.553. The second kappa shape index (κ2) is 8.10. The average Bonchev–Trinajstić information content (AvgIpc) is 3.07. The molecule has 1 N–H and O–H groups in total. The monoisotopic (exact) mass is 407 g/mol. The summed E-state index contributed by atoms with van der Waals surface area (Å²) in [6, 6.07) is 22.5. The van der Waals surface area contributed by atoms with Crippen LogP contribution in [0.25, 0.3) is 22.0 Å². The normalized spacial score (nSPS) is 12.2. The number of carboxylic acid groups (broad SMARTS) is 1. The van der Waals surface area contributed by atoms with Gasteiger partial charge in [0.05, 0.1) is 0 Å². The molecule has 0 aliphatic heterocycles. The van der Waals surface area contributed by atoms with E-state index in [2.05, 4.69) is 0 Å². The molecule has 146 valence electrons. The van der Waals surface area contributed by atoms with E-state index in [1.807, 2.05) is 72.8 Å². The molecule has 3 aromatic carbocycles. The molecule has 4 rings (SSSR count). The van der Waals surface area contributed by atoms with Crippen LogP contribution < -0.4 is 0 Å². The van der Waals surface area contributed by atoms with Gasteiger partial charge in [0.2, 0.25) is 0 Å². The van der Waals surface area contributed by atoms with Crippen molar-refractivity contribution in [1.82, 2.24) is 4.57 Å². The Labute approximate surface area is 173 Å². The molecule has 0 amide bonds. The molecule has 0 fully saturated rings. The molecule has 0 aliphatic carbocycles. The van der Waals surface area contributed by atoms with Gasteiger partial charge in [-0.25, -0.2) is 4.39 Å². The molecule has 3 nitrogen and oxygen atoms in total. The van der Waals surface area contributed by atoms with Crippen molar-refractivity contribution in [2.75, 3.05) is 0 Å². The lowest BCUT2D eigenvalue weighted by Gasteiger charge is -2.13. The van der Waals surface area contributed by atoms with Gasteiger partial charge in [0, 0.05) is 34.1 Å². The van der Waals surface area contributed by atoms with Gasteiger partial charge in [-0.3, -0.25) is 4.79 Å². The zero-order valence-corrected chi connectivity index (χ0v) is 16.3. The largest absolute Gasteiger partial charge is 0.480 e. The molecule has 1 aromatic heterocycles. The van der Waals surface area contributed by atoms with E-state index in [0.29, 0.717) is 10.6 Å². The highest BCUT2D eigenvalue weighted by Crippen LogP contribution is 2.34. The molecule has 1 unspecified atom stereocenters. The predicted octanol–water partition coefficient (Wildman–Crippen LogP) is 6.30.